The minimum absolute atomic E-state index is 0.327. The SMILES string of the molecule is CS(C)(C)CC=C1COC1. The molecule has 0 aliphatic carbocycles. The van der Waals surface area contributed by atoms with Gasteiger partial charge in [0.05, 0.1) is 13.2 Å². The van der Waals surface area contributed by atoms with E-state index >= 15 is 0 Å². The number of hydrogen-bond acceptors (Lipinski definition) is 1. The van der Waals surface area contributed by atoms with Crippen molar-refractivity contribution in [1.82, 2.24) is 0 Å². The van der Waals surface area contributed by atoms with Crippen molar-refractivity contribution in [2.75, 3.05) is 37.7 Å². The summed E-state index contributed by atoms with van der Waals surface area (Å²) in [6, 6.07) is 0. The number of hydrogen-bond donors (Lipinski definition) is 0. The van der Waals surface area contributed by atoms with Gasteiger partial charge in [-0.15, -0.1) is 0 Å². The molecule has 1 aliphatic rings. The van der Waals surface area contributed by atoms with Gasteiger partial charge in [-0.3, -0.25) is 0 Å². The fourth-order valence-electron chi connectivity index (χ4n) is 0.706. The molecule has 0 bridgehead atoms. The molecule has 1 aliphatic heterocycles. The Labute approximate surface area is 64.8 Å². The fraction of sp³-hybridized carbons (Fsp3) is 0.750. The molecule has 0 atom stereocenters. The summed E-state index contributed by atoms with van der Waals surface area (Å²) < 4.78 is 5.04. The first-order valence-electron chi connectivity index (χ1n) is 3.49. The van der Waals surface area contributed by atoms with E-state index in [2.05, 4.69) is 24.8 Å². The summed E-state index contributed by atoms with van der Waals surface area (Å²) in [5.74, 6) is 1.26. The van der Waals surface area contributed by atoms with Crippen molar-refractivity contribution in [1.29, 1.82) is 0 Å². The molecule has 1 rings (SSSR count). The van der Waals surface area contributed by atoms with Crippen LogP contribution in [0.3, 0.4) is 0 Å². The van der Waals surface area contributed by atoms with Gasteiger partial charge in [-0.25, -0.2) is 10.0 Å². The van der Waals surface area contributed by atoms with Crippen molar-refractivity contribution >= 4 is 10.0 Å². The molecule has 1 heterocycles. The maximum Gasteiger partial charge on any atom is 0.0703 e. The second-order valence-electron chi connectivity index (χ2n) is 3.61. The lowest BCUT2D eigenvalue weighted by atomic mass is 10.2. The first kappa shape index (κ1) is 8.15. The van der Waals surface area contributed by atoms with Gasteiger partial charge in [0.2, 0.25) is 0 Å². The minimum atomic E-state index is -0.327. The van der Waals surface area contributed by atoms with E-state index in [-0.39, 0.29) is 10.0 Å². The van der Waals surface area contributed by atoms with Crippen molar-refractivity contribution in [2.45, 2.75) is 0 Å². The van der Waals surface area contributed by atoms with Crippen LogP contribution in [-0.4, -0.2) is 37.7 Å². The quantitative estimate of drug-likeness (QED) is 0.558. The highest BCUT2D eigenvalue weighted by Gasteiger charge is 2.09. The summed E-state index contributed by atoms with van der Waals surface area (Å²) in [5.41, 5.74) is 1.49. The van der Waals surface area contributed by atoms with E-state index in [1.807, 2.05) is 0 Å². The molecule has 0 unspecified atom stereocenters. The van der Waals surface area contributed by atoms with Crippen LogP contribution in [-0.2, 0) is 4.74 Å². The molecule has 0 N–H and O–H groups in total. The van der Waals surface area contributed by atoms with E-state index in [4.69, 9.17) is 4.74 Å². The Morgan fingerprint density at radius 1 is 1.40 bits per heavy atom. The lowest BCUT2D eigenvalue weighted by molar-refractivity contribution is 0.103. The highest BCUT2D eigenvalue weighted by atomic mass is 32.3. The molecule has 1 saturated heterocycles. The molecule has 0 spiro atoms. The first-order chi connectivity index (χ1) is 4.58. The lowest BCUT2D eigenvalue weighted by Gasteiger charge is -2.25. The van der Waals surface area contributed by atoms with Crippen LogP contribution < -0.4 is 0 Å². The van der Waals surface area contributed by atoms with E-state index in [0.29, 0.717) is 0 Å². The Morgan fingerprint density at radius 3 is 2.30 bits per heavy atom. The van der Waals surface area contributed by atoms with E-state index in [1.54, 1.807) is 0 Å². The van der Waals surface area contributed by atoms with Gasteiger partial charge >= 0.3 is 0 Å². The van der Waals surface area contributed by atoms with Crippen molar-refractivity contribution in [3.8, 4) is 0 Å². The first-order valence-corrected chi connectivity index (χ1v) is 6.52. The number of rotatable bonds is 2. The van der Waals surface area contributed by atoms with Crippen LogP contribution in [0.2, 0.25) is 0 Å². The Balaban J connectivity index is 2.26. The summed E-state index contributed by atoms with van der Waals surface area (Å²) >= 11 is 0. The van der Waals surface area contributed by atoms with Crippen LogP contribution in [0.1, 0.15) is 0 Å². The van der Waals surface area contributed by atoms with Crippen molar-refractivity contribution in [3.05, 3.63) is 11.6 Å². The van der Waals surface area contributed by atoms with Crippen LogP contribution >= 0.6 is 10.0 Å². The van der Waals surface area contributed by atoms with E-state index < -0.39 is 0 Å². The molecule has 0 aromatic rings. The normalized spacial score (nSPS) is 20.1. The predicted octanol–water partition coefficient (Wildman–Crippen LogP) is 1.64. The standard InChI is InChI=1S/C8H16OS/c1-10(2,3)5-4-8-6-9-7-8/h4H,5-7H2,1-3H3. The zero-order valence-electron chi connectivity index (χ0n) is 7.02. The maximum atomic E-state index is 5.04. The van der Waals surface area contributed by atoms with Crippen molar-refractivity contribution < 1.29 is 4.74 Å². The summed E-state index contributed by atoms with van der Waals surface area (Å²) in [7, 11) is -0.327. The summed E-state index contributed by atoms with van der Waals surface area (Å²) in [6.45, 7) is 1.77. The van der Waals surface area contributed by atoms with Gasteiger partial charge in [0.1, 0.15) is 0 Å². The Bertz CT molecular complexity index is 138. The Morgan fingerprint density at radius 2 is 2.00 bits per heavy atom. The zero-order chi connectivity index (χ0) is 7.61. The highest BCUT2D eigenvalue weighted by molar-refractivity contribution is 8.32. The third kappa shape index (κ3) is 2.76. The molecule has 1 fully saturated rings. The van der Waals surface area contributed by atoms with E-state index in [1.165, 1.54) is 11.3 Å². The fourth-order valence-corrected chi connectivity index (χ4v) is 1.44. The second kappa shape index (κ2) is 2.97. The van der Waals surface area contributed by atoms with Gasteiger partial charge in [0.25, 0.3) is 0 Å². The van der Waals surface area contributed by atoms with Crippen LogP contribution in [0.4, 0.5) is 0 Å². The molecule has 1 nitrogen and oxygen atoms in total. The molecular formula is C8H16OS. The molecule has 0 aromatic carbocycles. The van der Waals surface area contributed by atoms with Gasteiger partial charge in [-0.05, 0) is 30.1 Å². The number of ether oxygens (including phenoxy) is 1. The largest absolute Gasteiger partial charge is 0.373 e. The Kier molecular flexibility index (Phi) is 2.42. The maximum absolute atomic E-state index is 5.04. The summed E-state index contributed by atoms with van der Waals surface area (Å²) in [6.07, 6.45) is 9.36. The van der Waals surface area contributed by atoms with Crippen molar-refractivity contribution in [2.24, 2.45) is 0 Å². The van der Waals surface area contributed by atoms with Gasteiger partial charge in [-0.2, -0.15) is 0 Å². The second-order valence-corrected chi connectivity index (χ2v) is 8.13. The van der Waals surface area contributed by atoms with Crippen LogP contribution in [0.25, 0.3) is 0 Å². The monoisotopic (exact) mass is 160 g/mol. The van der Waals surface area contributed by atoms with Crippen molar-refractivity contribution in [3.63, 3.8) is 0 Å². The summed E-state index contributed by atoms with van der Waals surface area (Å²) in [5, 5.41) is 0. The van der Waals surface area contributed by atoms with Crippen LogP contribution in [0, 0.1) is 0 Å². The third-order valence-corrected chi connectivity index (χ3v) is 2.61. The van der Waals surface area contributed by atoms with Gasteiger partial charge < -0.3 is 4.74 Å². The Hall–Kier alpha value is 0.0500. The highest BCUT2D eigenvalue weighted by Crippen LogP contribution is 2.34. The van der Waals surface area contributed by atoms with Gasteiger partial charge in [-0.1, -0.05) is 6.08 Å². The van der Waals surface area contributed by atoms with E-state index in [0.717, 1.165) is 13.2 Å². The van der Waals surface area contributed by atoms with Crippen LogP contribution in [0.5, 0.6) is 0 Å². The predicted molar refractivity (Wildman–Crippen MR) is 49.1 cm³/mol. The van der Waals surface area contributed by atoms with Gasteiger partial charge in [0.15, 0.2) is 0 Å². The molecule has 0 amide bonds. The zero-order valence-corrected chi connectivity index (χ0v) is 7.83. The minimum Gasteiger partial charge on any atom is -0.373 e. The molecule has 0 aromatic heterocycles. The topological polar surface area (TPSA) is 9.23 Å². The molecule has 10 heavy (non-hydrogen) atoms. The molecular weight excluding hydrogens is 144 g/mol. The summed E-state index contributed by atoms with van der Waals surface area (Å²) in [4.78, 5) is 0. The molecule has 0 saturated carbocycles. The lowest BCUT2D eigenvalue weighted by Crippen LogP contribution is -2.16. The molecule has 2 heteroatoms. The molecule has 0 radical (unpaired) electrons. The van der Waals surface area contributed by atoms with E-state index in [9.17, 15) is 0 Å². The van der Waals surface area contributed by atoms with Crippen LogP contribution in [0.15, 0.2) is 11.6 Å². The average Bonchev–Trinajstić information content (AvgIpc) is 1.56. The molecule has 60 valence electrons. The average molecular weight is 160 g/mol. The van der Waals surface area contributed by atoms with Gasteiger partial charge in [0, 0.05) is 0 Å². The third-order valence-electron chi connectivity index (χ3n) is 1.45. The smallest absolute Gasteiger partial charge is 0.0703 e.